The van der Waals surface area contributed by atoms with Crippen LogP contribution in [-0.4, -0.2) is 38.2 Å². The third-order valence-electron chi connectivity index (χ3n) is 5.93. The minimum atomic E-state index is -0.813. The van der Waals surface area contributed by atoms with E-state index in [9.17, 15) is 9.90 Å². The maximum absolute atomic E-state index is 11.9. The van der Waals surface area contributed by atoms with Crippen LogP contribution in [0.15, 0.2) is 42.5 Å². The van der Waals surface area contributed by atoms with E-state index in [0.29, 0.717) is 18.7 Å². The highest BCUT2D eigenvalue weighted by atomic mass is 16.4. The van der Waals surface area contributed by atoms with E-state index >= 15 is 0 Å². The van der Waals surface area contributed by atoms with E-state index in [-0.39, 0.29) is 5.92 Å². The van der Waals surface area contributed by atoms with Crippen molar-refractivity contribution in [3.63, 3.8) is 0 Å². The highest BCUT2D eigenvalue weighted by Gasteiger charge is 2.31. The van der Waals surface area contributed by atoms with E-state index in [0.717, 1.165) is 31.5 Å². The van der Waals surface area contributed by atoms with Crippen LogP contribution in [0.25, 0.3) is 11.1 Å². The molecule has 3 aromatic rings. The minimum Gasteiger partial charge on any atom is -0.481 e. The molecule has 3 N–H and O–H groups in total. The van der Waals surface area contributed by atoms with Crippen LogP contribution in [0.1, 0.15) is 48.2 Å². The Hall–Kier alpha value is -3.06. The fraction of sp³-hybridized carbons (Fsp3) is 0.391. The second kappa shape index (κ2) is 9.17. The summed E-state index contributed by atoms with van der Waals surface area (Å²) in [4.78, 5) is 11.9. The minimum absolute atomic E-state index is 0.316. The van der Waals surface area contributed by atoms with E-state index in [4.69, 9.17) is 0 Å². The molecule has 7 heteroatoms. The predicted molar refractivity (Wildman–Crippen MR) is 114 cm³/mol. The zero-order valence-electron chi connectivity index (χ0n) is 17.1. The number of benzene rings is 2. The molecule has 0 fully saturated rings. The van der Waals surface area contributed by atoms with Gasteiger partial charge in [0.2, 0.25) is 0 Å². The van der Waals surface area contributed by atoms with E-state index in [2.05, 4.69) is 68.4 Å². The van der Waals surface area contributed by atoms with Crippen LogP contribution in [0.2, 0.25) is 0 Å². The fourth-order valence-electron chi connectivity index (χ4n) is 4.29. The zero-order chi connectivity index (χ0) is 20.9. The normalized spacial score (nSPS) is 15.4. The summed E-state index contributed by atoms with van der Waals surface area (Å²) in [5.74, 6) is -1.21. The third kappa shape index (κ3) is 4.41. The number of fused-ring (bicyclic) bond motifs is 1. The maximum atomic E-state index is 11.9. The van der Waals surface area contributed by atoms with Gasteiger partial charge in [0, 0.05) is 12.5 Å². The molecule has 4 rings (SSSR count). The van der Waals surface area contributed by atoms with Gasteiger partial charge in [-0.15, -0.1) is 10.2 Å². The number of tetrazole rings is 1. The van der Waals surface area contributed by atoms with Crippen molar-refractivity contribution in [3.05, 3.63) is 65.0 Å². The van der Waals surface area contributed by atoms with Crippen LogP contribution >= 0.6 is 0 Å². The largest absolute Gasteiger partial charge is 0.481 e. The molecule has 156 valence electrons. The molecule has 0 bridgehead atoms. The lowest BCUT2D eigenvalue weighted by molar-refractivity contribution is -0.142. The van der Waals surface area contributed by atoms with Crippen molar-refractivity contribution < 1.29 is 9.90 Å². The lowest BCUT2D eigenvalue weighted by Gasteiger charge is -2.21. The summed E-state index contributed by atoms with van der Waals surface area (Å²) in [6.07, 6.45) is 2.99. The van der Waals surface area contributed by atoms with Crippen molar-refractivity contribution in [2.45, 2.75) is 45.1 Å². The number of carbonyl (C=O) groups is 1. The van der Waals surface area contributed by atoms with Gasteiger partial charge in [-0.2, -0.15) is 5.21 Å². The van der Waals surface area contributed by atoms with Gasteiger partial charge in [-0.3, -0.25) is 4.79 Å². The Morgan fingerprint density at radius 2 is 1.93 bits per heavy atom. The smallest absolute Gasteiger partial charge is 0.307 e. The standard InChI is InChI=1S/C23H27N5O2/c1-2-3-20(23(29)30)21(22-25-27-28-26-22)12-15-4-6-16(7-5-15)17-8-9-19-14-24-11-10-18(19)13-17/h4-9,13,20-21,24H,2-3,10-12,14H2,1H3,(H,29,30)(H,25,26,27,28). The monoisotopic (exact) mass is 405 g/mol. The number of aliphatic carboxylic acids is 1. The molecule has 1 aliphatic heterocycles. The van der Waals surface area contributed by atoms with Gasteiger partial charge in [-0.1, -0.05) is 61.0 Å². The Balaban J connectivity index is 1.56. The van der Waals surface area contributed by atoms with Crippen molar-refractivity contribution in [3.8, 4) is 11.1 Å². The first-order valence-electron chi connectivity index (χ1n) is 10.5. The fourth-order valence-corrected chi connectivity index (χ4v) is 4.29. The van der Waals surface area contributed by atoms with Crippen molar-refractivity contribution >= 4 is 5.97 Å². The second-order valence-corrected chi connectivity index (χ2v) is 7.92. The topological polar surface area (TPSA) is 104 Å². The SMILES string of the molecule is CCCC(C(=O)O)C(Cc1ccc(-c2ccc3c(c2)CCNC3)cc1)c1nn[nH]n1. The Morgan fingerprint density at radius 1 is 1.13 bits per heavy atom. The van der Waals surface area contributed by atoms with Gasteiger partial charge in [0.05, 0.1) is 5.92 Å². The van der Waals surface area contributed by atoms with Gasteiger partial charge in [0.15, 0.2) is 5.82 Å². The van der Waals surface area contributed by atoms with E-state index in [1.165, 1.54) is 22.3 Å². The summed E-state index contributed by atoms with van der Waals surface area (Å²) in [7, 11) is 0. The molecule has 0 amide bonds. The van der Waals surface area contributed by atoms with Crippen molar-refractivity contribution in [2.75, 3.05) is 6.54 Å². The summed E-state index contributed by atoms with van der Waals surface area (Å²) in [5, 5.41) is 27.4. The number of nitrogens with one attached hydrogen (secondary N) is 2. The number of carboxylic acid groups (broad SMARTS) is 1. The number of nitrogens with zero attached hydrogens (tertiary/aromatic N) is 3. The highest BCUT2D eigenvalue weighted by Crippen LogP contribution is 2.31. The van der Waals surface area contributed by atoms with Gasteiger partial charge in [-0.05, 0) is 53.6 Å². The van der Waals surface area contributed by atoms with Crippen LogP contribution in [-0.2, 0) is 24.2 Å². The average molecular weight is 406 g/mol. The molecule has 0 spiro atoms. The molecule has 0 radical (unpaired) electrons. The molecule has 1 aliphatic rings. The first kappa shape index (κ1) is 20.2. The van der Waals surface area contributed by atoms with Crippen molar-refractivity contribution in [2.24, 2.45) is 5.92 Å². The number of H-pyrrole nitrogens is 1. The molecular formula is C23H27N5O2. The van der Waals surface area contributed by atoms with Gasteiger partial charge in [-0.25, -0.2) is 0 Å². The van der Waals surface area contributed by atoms with Crippen molar-refractivity contribution in [1.29, 1.82) is 0 Å². The second-order valence-electron chi connectivity index (χ2n) is 7.92. The molecule has 0 saturated heterocycles. The molecule has 2 unspecified atom stereocenters. The molecule has 0 saturated carbocycles. The van der Waals surface area contributed by atoms with Crippen LogP contribution in [0.4, 0.5) is 0 Å². The lowest BCUT2D eigenvalue weighted by Crippen LogP contribution is -2.25. The van der Waals surface area contributed by atoms with Crippen molar-refractivity contribution in [1.82, 2.24) is 25.9 Å². The number of hydrogen-bond acceptors (Lipinski definition) is 5. The molecule has 30 heavy (non-hydrogen) atoms. The average Bonchev–Trinajstić information content (AvgIpc) is 3.31. The number of hydrogen-bond donors (Lipinski definition) is 3. The predicted octanol–water partition coefficient (Wildman–Crippen LogP) is 3.34. The Labute approximate surface area is 175 Å². The maximum Gasteiger partial charge on any atom is 0.307 e. The molecule has 2 heterocycles. The van der Waals surface area contributed by atoms with E-state index in [1.54, 1.807) is 0 Å². The summed E-state index contributed by atoms with van der Waals surface area (Å²) >= 11 is 0. The molecular weight excluding hydrogens is 378 g/mol. The quantitative estimate of drug-likeness (QED) is 0.531. The zero-order valence-corrected chi connectivity index (χ0v) is 17.1. The molecule has 1 aromatic heterocycles. The summed E-state index contributed by atoms with van der Waals surface area (Å²) < 4.78 is 0. The van der Waals surface area contributed by atoms with E-state index < -0.39 is 11.9 Å². The number of aromatic amines is 1. The molecule has 7 nitrogen and oxygen atoms in total. The molecule has 2 atom stereocenters. The lowest BCUT2D eigenvalue weighted by atomic mass is 9.83. The first-order valence-corrected chi connectivity index (χ1v) is 10.5. The van der Waals surface area contributed by atoms with Gasteiger partial charge >= 0.3 is 5.97 Å². The Kier molecular flexibility index (Phi) is 6.18. The first-order chi connectivity index (χ1) is 14.7. The molecule has 0 aliphatic carbocycles. The number of carboxylic acids is 1. The van der Waals surface area contributed by atoms with Gasteiger partial charge in [0.1, 0.15) is 0 Å². The highest BCUT2D eigenvalue weighted by molar-refractivity contribution is 5.71. The van der Waals surface area contributed by atoms with Crippen LogP contribution in [0, 0.1) is 5.92 Å². The summed E-state index contributed by atoms with van der Waals surface area (Å²) in [6, 6.07) is 15.0. The van der Waals surface area contributed by atoms with Crippen LogP contribution < -0.4 is 5.32 Å². The van der Waals surface area contributed by atoms with E-state index in [1.807, 2.05) is 6.92 Å². The number of aromatic nitrogens is 4. The number of rotatable bonds is 8. The summed E-state index contributed by atoms with van der Waals surface area (Å²) in [5.41, 5.74) is 6.24. The summed E-state index contributed by atoms with van der Waals surface area (Å²) in [6.45, 7) is 3.95. The van der Waals surface area contributed by atoms with Gasteiger partial charge in [0.25, 0.3) is 0 Å². The third-order valence-corrected chi connectivity index (χ3v) is 5.93. The van der Waals surface area contributed by atoms with Crippen LogP contribution in [0.3, 0.4) is 0 Å². The van der Waals surface area contributed by atoms with Crippen LogP contribution in [0.5, 0.6) is 0 Å². The molecule has 2 aromatic carbocycles. The Bertz CT molecular complexity index is 985. The van der Waals surface area contributed by atoms with Gasteiger partial charge < -0.3 is 10.4 Å². The Morgan fingerprint density at radius 3 is 2.63 bits per heavy atom.